The Labute approximate surface area is 121 Å². The average molecular weight is 295 g/mol. The third kappa shape index (κ3) is 3.26. The van der Waals surface area contributed by atoms with Gasteiger partial charge in [-0.15, -0.1) is 11.3 Å². The number of carboxylic acid groups (broad SMARTS) is 1. The molecule has 1 saturated heterocycles. The number of hydrogen-bond donors (Lipinski definition) is 1. The van der Waals surface area contributed by atoms with Gasteiger partial charge in [-0.25, -0.2) is 4.79 Å². The fourth-order valence-corrected chi connectivity index (χ4v) is 3.06. The minimum Gasteiger partial charge on any atom is -0.478 e. The summed E-state index contributed by atoms with van der Waals surface area (Å²) in [7, 11) is 1.78. The van der Waals surface area contributed by atoms with E-state index in [9.17, 15) is 9.59 Å². The number of thiophene rings is 1. The number of carboxylic acids is 1. The maximum atomic E-state index is 12.4. The second-order valence-corrected chi connectivity index (χ2v) is 5.70. The fraction of sp³-hybridized carbons (Fsp3) is 0.429. The van der Waals surface area contributed by atoms with Crippen LogP contribution in [0, 0.1) is 0 Å². The molecule has 0 bridgehead atoms. The number of likely N-dealkylation sites (N-methyl/N-ethyl adjacent to an activating group) is 1. The lowest BCUT2D eigenvalue weighted by molar-refractivity contribution is -0.131. The number of aliphatic carboxylic acids is 1. The van der Waals surface area contributed by atoms with E-state index in [1.807, 2.05) is 6.92 Å². The first-order valence-corrected chi connectivity index (χ1v) is 7.25. The normalized spacial score (nSPS) is 22.3. The van der Waals surface area contributed by atoms with Gasteiger partial charge in [0.1, 0.15) is 0 Å². The summed E-state index contributed by atoms with van der Waals surface area (Å²) in [6, 6.07) is 1.81. The average Bonchev–Trinajstić information content (AvgIpc) is 3.03. The van der Waals surface area contributed by atoms with Crippen LogP contribution in [0.3, 0.4) is 0 Å². The number of carbonyl (C=O) groups is 2. The number of carbonyl (C=O) groups excluding carboxylic acids is 1. The van der Waals surface area contributed by atoms with Crippen LogP contribution in [0.1, 0.15) is 28.6 Å². The van der Waals surface area contributed by atoms with Crippen LogP contribution in [0.5, 0.6) is 0 Å². The number of hydrogen-bond acceptors (Lipinski definition) is 4. The van der Waals surface area contributed by atoms with Crippen LogP contribution >= 0.6 is 11.3 Å². The van der Waals surface area contributed by atoms with E-state index >= 15 is 0 Å². The highest BCUT2D eigenvalue weighted by Gasteiger charge is 2.31. The third-order valence-electron chi connectivity index (χ3n) is 3.41. The number of nitrogens with zero attached hydrogens (tertiary/aromatic N) is 1. The van der Waals surface area contributed by atoms with Crippen LogP contribution in [0.25, 0.3) is 6.08 Å². The van der Waals surface area contributed by atoms with E-state index in [0.29, 0.717) is 12.2 Å². The second-order valence-electron chi connectivity index (χ2n) is 4.76. The summed E-state index contributed by atoms with van der Waals surface area (Å²) in [5, 5.41) is 10.3. The van der Waals surface area contributed by atoms with Crippen molar-refractivity contribution < 1.29 is 19.4 Å². The SMILES string of the molecule is CC1OCCC1N(C)C(=O)c1csc(/C=C/C(=O)O)c1. The standard InChI is InChI=1S/C14H17NO4S/c1-9-12(5-6-19-9)15(2)14(18)10-7-11(20-8-10)3-4-13(16)17/h3-4,7-9,12H,5-6H2,1-2H3,(H,16,17)/b4-3+. The molecule has 2 heterocycles. The van der Waals surface area contributed by atoms with Crippen molar-refractivity contribution in [2.75, 3.05) is 13.7 Å². The second kappa shape index (κ2) is 6.19. The van der Waals surface area contributed by atoms with Crippen molar-refractivity contribution in [3.05, 3.63) is 28.0 Å². The van der Waals surface area contributed by atoms with Crippen molar-refractivity contribution in [3.63, 3.8) is 0 Å². The van der Waals surface area contributed by atoms with Gasteiger partial charge in [0.2, 0.25) is 0 Å². The summed E-state index contributed by atoms with van der Waals surface area (Å²) in [4.78, 5) is 25.3. The van der Waals surface area contributed by atoms with Gasteiger partial charge in [0.05, 0.1) is 17.7 Å². The highest BCUT2D eigenvalue weighted by Crippen LogP contribution is 2.22. The van der Waals surface area contributed by atoms with Gasteiger partial charge in [0, 0.05) is 30.0 Å². The van der Waals surface area contributed by atoms with Gasteiger partial charge in [-0.1, -0.05) is 0 Å². The smallest absolute Gasteiger partial charge is 0.328 e. The highest BCUT2D eigenvalue weighted by atomic mass is 32.1. The molecule has 5 nitrogen and oxygen atoms in total. The van der Waals surface area contributed by atoms with Gasteiger partial charge >= 0.3 is 5.97 Å². The summed E-state index contributed by atoms with van der Waals surface area (Å²) in [6.07, 6.45) is 3.45. The predicted molar refractivity (Wildman–Crippen MR) is 76.9 cm³/mol. The summed E-state index contributed by atoms with van der Waals surface area (Å²) in [6.45, 7) is 2.65. The van der Waals surface area contributed by atoms with Gasteiger partial charge in [-0.2, -0.15) is 0 Å². The molecule has 1 fully saturated rings. The number of ether oxygens (including phenoxy) is 1. The first-order chi connectivity index (χ1) is 9.49. The Morgan fingerprint density at radius 1 is 1.55 bits per heavy atom. The van der Waals surface area contributed by atoms with Crippen molar-refractivity contribution in [1.29, 1.82) is 0 Å². The van der Waals surface area contributed by atoms with Crippen LogP contribution < -0.4 is 0 Å². The molecular weight excluding hydrogens is 278 g/mol. The molecule has 1 aliphatic rings. The zero-order chi connectivity index (χ0) is 14.7. The molecule has 108 valence electrons. The van der Waals surface area contributed by atoms with Crippen LogP contribution in [-0.4, -0.2) is 47.7 Å². The molecule has 2 atom stereocenters. The molecule has 0 spiro atoms. The Kier molecular flexibility index (Phi) is 4.57. The molecule has 6 heteroatoms. The molecule has 1 aliphatic heterocycles. The fourth-order valence-electron chi connectivity index (χ4n) is 2.29. The van der Waals surface area contributed by atoms with E-state index in [-0.39, 0.29) is 18.1 Å². The van der Waals surface area contributed by atoms with Gasteiger partial charge in [0.15, 0.2) is 0 Å². The van der Waals surface area contributed by atoms with E-state index in [4.69, 9.17) is 9.84 Å². The predicted octanol–water partition coefficient (Wildman–Crippen LogP) is 2.10. The molecule has 20 heavy (non-hydrogen) atoms. The minimum absolute atomic E-state index is 0.0500. The summed E-state index contributed by atoms with van der Waals surface area (Å²) < 4.78 is 5.47. The molecule has 2 unspecified atom stereocenters. The molecule has 2 rings (SSSR count). The highest BCUT2D eigenvalue weighted by molar-refractivity contribution is 7.11. The molecule has 0 aliphatic carbocycles. The Morgan fingerprint density at radius 3 is 2.90 bits per heavy atom. The lowest BCUT2D eigenvalue weighted by atomic mass is 10.1. The van der Waals surface area contributed by atoms with E-state index in [0.717, 1.165) is 17.4 Å². The largest absolute Gasteiger partial charge is 0.478 e. The number of rotatable bonds is 4. The molecule has 1 aromatic heterocycles. The Balaban J connectivity index is 2.07. The molecule has 1 N–H and O–H groups in total. The van der Waals surface area contributed by atoms with E-state index < -0.39 is 5.97 Å². The van der Waals surface area contributed by atoms with Crippen LogP contribution in [0.2, 0.25) is 0 Å². The molecular formula is C14H17NO4S. The van der Waals surface area contributed by atoms with Gasteiger partial charge < -0.3 is 14.7 Å². The van der Waals surface area contributed by atoms with Crippen molar-refractivity contribution >= 4 is 29.3 Å². The lowest BCUT2D eigenvalue weighted by Crippen LogP contribution is -2.40. The third-order valence-corrected chi connectivity index (χ3v) is 4.31. The zero-order valence-corrected chi connectivity index (χ0v) is 12.2. The van der Waals surface area contributed by atoms with Crippen molar-refractivity contribution in [3.8, 4) is 0 Å². The monoisotopic (exact) mass is 295 g/mol. The quantitative estimate of drug-likeness (QED) is 0.864. The molecule has 1 amide bonds. The van der Waals surface area contributed by atoms with Gasteiger partial charge in [-0.3, -0.25) is 4.79 Å². The van der Waals surface area contributed by atoms with E-state index in [1.165, 1.54) is 17.4 Å². The first-order valence-electron chi connectivity index (χ1n) is 6.37. The maximum Gasteiger partial charge on any atom is 0.328 e. The van der Waals surface area contributed by atoms with Crippen LogP contribution in [0.4, 0.5) is 0 Å². The van der Waals surface area contributed by atoms with Crippen LogP contribution in [0.15, 0.2) is 17.5 Å². The van der Waals surface area contributed by atoms with Crippen molar-refractivity contribution in [2.45, 2.75) is 25.5 Å². The Bertz CT molecular complexity index is 537. The molecule has 0 saturated carbocycles. The Hall–Kier alpha value is -1.66. The molecule has 1 aromatic rings. The zero-order valence-electron chi connectivity index (χ0n) is 11.4. The van der Waals surface area contributed by atoms with Gasteiger partial charge in [0.25, 0.3) is 5.91 Å². The van der Waals surface area contributed by atoms with Crippen LogP contribution in [-0.2, 0) is 9.53 Å². The van der Waals surface area contributed by atoms with Crippen molar-refractivity contribution in [1.82, 2.24) is 4.90 Å². The van der Waals surface area contributed by atoms with Gasteiger partial charge in [-0.05, 0) is 25.5 Å². The Morgan fingerprint density at radius 2 is 2.30 bits per heavy atom. The molecule has 0 aromatic carbocycles. The van der Waals surface area contributed by atoms with E-state index in [1.54, 1.807) is 23.4 Å². The molecule has 0 radical (unpaired) electrons. The maximum absolute atomic E-state index is 12.4. The minimum atomic E-state index is -1.000. The number of amides is 1. The topological polar surface area (TPSA) is 66.8 Å². The lowest BCUT2D eigenvalue weighted by Gasteiger charge is -2.26. The first kappa shape index (κ1) is 14.7. The summed E-state index contributed by atoms with van der Waals surface area (Å²) >= 11 is 1.35. The summed E-state index contributed by atoms with van der Waals surface area (Å²) in [5.74, 6) is -1.06. The van der Waals surface area contributed by atoms with E-state index in [2.05, 4.69) is 0 Å². The van der Waals surface area contributed by atoms with Crippen molar-refractivity contribution in [2.24, 2.45) is 0 Å². The summed E-state index contributed by atoms with van der Waals surface area (Å²) in [5.41, 5.74) is 0.585.